The molecule has 2 saturated heterocycles. The number of hydrogen-bond donors (Lipinski definition) is 2. The van der Waals surface area contributed by atoms with Crippen LogP contribution in [0.4, 0.5) is 25.0 Å². The Balaban J connectivity index is 0.000000224. The Morgan fingerprint density at radius 3 is 1.75 bits per heavy atom. The van der Waals surface area contributed by atoms with E-state index in [0.29, 0.717) is 42.2 Å². The number of carbonyl (C=O) groups excluding carboxylic acids is 3. The van der Waals surface area contributed by atoms with E-state index in [0.717, 1.165) is 36.8 Å². The number of benzene rings is 4. The van der Waals surface area contributed by atoms with Crippen molar-refractivity contribution in [3.05, 3.63) is 119 Å². The molecular weight excluding hydrogens is 722 g/mol. The molecule has 2 fully saturated rings. The zero-order valence-electron chi connectivity index (χ0n) is 32.6. The van der Waals surface area contributed by atoms with Crippen LogP contribution in [0.3, 0.4) is 0 Å². The minimum atomic E-state index is -0.607. The van der Waals surface area contributed by atoms with Crippen LogP contribution in [0.5, 0.6) is 11.5 Å². The van der Waals surface area contributed by atoms with Gasteiger partial charge < -0.3 is 34.5 Å². The van der Waals surface area contributed by atoms with E-state index in [4.69, 9.17) is 9.47 Å². The molecule has 0 aliphatic carbocycles. The summed E-state index contributed by atoms with van der Waals surface area (Å²) < 4.78 is 48.2. The standard InChI is InChI=1S/C22H25FN2O4.C16H16FNO3.C5H11N/c1-28-19-8-6-7-18(14-19)25(22(27)24-11-4-3-5-12-24)15-17-10-9-16(13-20(17)23)21(26)29-2;1-20-14-5-3-4-13(9-14)18-10-12-7-6-11(8-15(12)17)16(19)21-2;1-2-4-6-5-3-1/h6-10,13-14H,3-5,11-12,15H2,1-2H3;3-9,18H,10H2,1-2H3;6H,1-5H2. The molecule has 0 unspecified atom stereocenters. The van der Waals surface area contributed by atoms with Crippen LogP contribution in [0, 0.1) is 11.6 Å². The quantitative estimate of drug-likeness (QED) is 0.154. The third kappa shape index (κ3) is 13.0. The van der Waals surface area contributed by atoms with Crippen molar-refractivity contribution in [3.8, 4) is 11.5 Å². The van der Waals surface area contributed by atoms with Crippen molar-refractivity contribution in [2.24, 2.45) is 0 Å². The van der Waals surface area contributed by atoms with Gasteiger partial charge in [-0.3, -0.25) is 4.90 Å². The maximum atomic E-state index is 14.7. The fourth-order valence-electron chi connectivity index (χ4n) is 6.06. The van der Waals surface area contributed by atoms with Crippen molar-refractivity contribution in [2.75, 3.05) is 64.8 Å². The minimum absolute atomic E-state index is 0.0375. The number of halogens is 2. The van der Waals surface area contributed by atoms with Crippen molar-refractivity contribution in [3.63, 3.8) is 0 Å². The van der Waals surface area contributed by atoms with Crippen molar-refractivity contribution in [1.29, 1.82) is 0 Å². The van der Waals surface area contributed by atoms with Crippen LogP contribution >= 0.6 is 0 Å². The number of piperidine rings is 2. The molecule has 2 aliphatic heterocycles. The topological polar surface area (TPSA) is 119 Å². The first-order valence-electron chi connectivity index (χ1n) is 18.7. The van der Waals surface area contributed by atoms with Gasteiger partial charge in [-0.2, -0.15) is 0 Å². The number of methoxy groups -OCH3 is 4. The van der Waals surface area contributed by atoms with Crippen molar-refractivity contribution < 1.29 is 42.1 Å². The average molecular weight is 775 g/mol. The third-order valence-electron chi connectivity index (χ3n) is 9.26. The second-order valence-electron chi connectivity index (χ2n) is 13.1. The lowest BCUT2D eigenvalue weighted by atomic mass is 10.1. The number of nitrogens with zero attached hydrogens (tertiary/aromatic N) is 2. The highest BCUT2D eigenvalue weighted by Crippen LogP contribution is 2.26. The lowest BCUT2D eigenvalue weighted by Gasteiger charge is -2.33. The van der Waals surface area contributed by atoms with Gasteiger partial charge in [-0.25, -0.2) is 23.2 Å². The number of nitrogens with one attached hydrogen (secondary N) is 2. The molecule has 6 rings (SSSR count). The highest BCUT2D eigenvalue weighted by atomic mass is 19.1. The fourth-order valence-corrected chi connectivity index (χ4v) is 6.06. The van der Waals surface area contributed by atoms with Crippen LogP contribution in [0.2, 0.25) is 0 Å². The largest absolute Gasteiger partial charge is 0.497 e. The molecule has 0 aromatic heterocycles. The molecule has 2 aliphatic rings. The summed E-state index contributed by atoms with van der Waals surface area (Å²) in [6.45, 7) is 4.21. The molecule has 13 heteroatoms. The Labute approximate surface area is 327 Å². The summed E-state index contributed by atoms with van der Waals surface area (Å²) in [6, 6.07) is 22.7. The summed E-state index contributed by atoms with van der Waals surface area (Å²) in [5.74, 6) is -0.840. The van der Waals surface area contributed by atoms with Gasteiger partial charge in [-0.05, 0) is 93.7 Å². The number of amides is 2. The Kier molecular flexibility index (Phi) is 17.4. The molecule has 2 N–H and O–H groups in total. The molecule has 0 saturated carbocycles. The zero-order valence-corrected chi connectivity index (χ0v) is 32.6. The molecule has 0 bridgehead atoms. The van der Waals surface area contributed by atoms with Crippen LogP contribution in [-0.4, -0.2) is 77.5 Å². The van der Waals surface area contributed by atoms with Gasteiger partial charge in [0.05, 0.1) is 46.1 Å². The number of ether oxygens (including phenoxy) is 4. The first-order chi connectivity index (χ1) is 27.2. The Bertz CT molecular complexity index is 1870. The monoisotopic (exact) mass is 774 g/mol. The summed E-state index contributed by atoms with van der Waals surface area (Å²) in [7, 11) is 5.65. The molecule has 0 radical (unpaired) electrons. The number of urea groups is 1. The van der Waals surface area contributed by atoms with Gasteiger partial charge >= 0.3 is 18.0 Å². The van der Waals surface area contributed by atoms with E-state index >= 15 is 0 Å². The maximum absolute atomic E-state index is 14.7. The Morgan fingerprint density at radius 2 is 1.23 bits per heavy atom. The maximum Gasteiger partial charge on any atom is 0.337 e. The van der Waals surface area contributed by atoms with Crippen molar-refractivity contribution in [2.45, 2.75) is 51.6 Å². The molecule has 0 atom stereocenters. The van der Waals surface area contributed by atoms with E-state index in [9.17, 15) is 23.2 Å². The van der Waals surface area contributed by atoms with Crippen LogP contribution < -0.4 is 25.0 Å². The minimum Gasteiger partial charge on any atom is -0.497 e. The smallest absolute Gasteiger partial charge is 0.337 e. The molecule has 300 valence electrons. The second kappa shape index (κ2) is 22.6. The molecule has 0 spiro atoms. The Morgan fingerprint density at radius 1 is 0.679 bits per heavy atom. The number of hydrogen-bond acceptors (Lipinski definition) is 9. The van der Waals surface area contributed by atoms with Crippen LogP contribution in [-0.2, 0) is 22.6 Å². The molecular formula is C43H52F2N4O7. The molecule has 11 nitrogen and oxygen atoms in total. The number of rotatable bonds is 10. The van der Waals surface area contributed by atoms with E-state index in [1.165, 1.54) is 70.8 Å². The van der Waals surface area contributed by atoms with Crippen molar-refractivity contribution >= 4 is 29.3 Å². The summed E-state index contributed by atoms with van der Waals surface area (Å²) in [6.07, 6.45) is 7.24. The van der Waals surface area contributed by atoms with Gasteiger partial charge in [0, 0.05) is 54.3 Å². The van der Waals surface area contributed by atoms with Crippen LogP contribution in [0.1, 0.15) is 70.4 Å². The SMILES string of the molecule is C1CCNCC1.COC(=O)c1ccc(CN(C(=O)N2CCCCC2)c2cccc(OC)c2)c(F)c1.COC(=O)c1ccc(CNc2cccc(OC)c2)c(F)c1. The summed E-state index contributed by atoms with van der Waals surface area (Å²) in [4.78, 5) is 39.5. The first kappa shape index (κ1) is 43.0. The number of esters is 2. The highest BCUT2D eigenvalue weighted by Gasteiger charge is 2.25. The highest BCUT2D eigenvalue weighted by molar-refractivity contribution is 5.92. The van der Waals surface area contributed by atoms with Gasteiger partial charge in [0.2, 0.25) is 0 Å². The van der Waals surface area contributed by atoms with Gasteiger partial charge in [0.1, 0.15) is 23.1 Å². The molecule has 2 amide bonds. The predicted octanol–water partition coefficient (Wildman–Crippen LogP) is 8.23. The molecule has 2 heterocycles. The lowest BCUT2D eigenvalue weighted by Crippen LogP contribution is -2.45. The van der Waals surface area contributed by atoms with Gasteiger partial charge in [-0.1, -0.05) is 30.7 Å². The second-order valence-corrected chi connectivity index (χ2v) is 13.1. The van der Waals surface area contributed by atoms with Crippen molar-refractivity contribution in [1.82, 2.24) is 10.2 Å². The molecule has 4 aromatic carbocycles. The lowest BCUT2D eigenvalue weighted by molar-refractivity contribution is 0.0591. The summed E-state index contributed by atoms with van der Waals surface area (Å²) in [5, 5.41) is 6.39. The zero-order chi connectivity index (χ0) is 40.3. The average Bonchev–Trinajstić information content (AvgIpc) is 3.26. The summed E-state index contributed by atoms with van der Waals surface area (Å²) in [5.41, 5.74) is 2.54. The number of carbonyl (C=O) groups is 3. The van der Waals surface area contributed by atoms with Gasteiger partial charge in [-0.15, -0.1) is 0 Å². The van der Waals surface area contributed by atoms with Crippen LogP contribution in [0.25, 0.3) is 0 Å². The third-order valence-corrected chi connectivity index (χ3v) is 9.26. The number of likely N-dealkylation sites (tertiary alicyclic amines) is 1. The Hall–Kier alpha value is -5.69. The van der Waals surface area contributed by atoms with E-state index in [1.807, 2.05) is 24.3 Å². The molecule has 4 aromatic rings. The predicted molar refractivity (Wildman–Crippen MR) is 213 cm³/mol. The van der Waals surface area contributed by atoms with E-state index in [-0.39, 0.29) is 23.7 Å². The first-order valence-corrected chi connectivity index (χ1v) is 18.7. The normalized spacial score (nSPS) is 13.4. The van der Waals surface area contributed by atoms with Gasteiger partial charge in [0.25, 0.3) is 0 Å². The molecule has 56 heavy (non-hydrogen) atoms. The summed E-state index contributed by atoms with van der Waals surface area (Å²) >= 11 is 0. The van der Waals surface area contributed by atoms with E-state index < -0.39 is 23.6 Å². The van der Waals surface area contributed by atoms with Crippen LogP contribution in [0.15, 0.2) is 84.9 Å². The van der Waals surface area contributed by atoms with E-state index in [2.05, 4.69) is 20.1 Å². The van der Waals surface area contributed by atoms with E-state index in [1.54, 1.807) is 54.4 Å². The fraction of sp³-hybridized carbons (Fsp3) is 0.372. The number of anilines is 2. The van der Waals surface area contributed by atoms with Gasteiger partial charge in [0.15, 0.2) is 0 Å².